The number of nitrogens with zero attached hydrogens (tertiary/aromatic N) is 3. The lowest BCUT2D eigenvalue weighted by Gasteiger charge is -2.50. The second-order valence-corrected chi connectivity index (χ2v) is 14.5. The molecule has 5 atom stereocenters. The first-order valence-electron chi connectivity index (χ1n) is 13.8. The number of rotatable bonds is 14. The number of ether oxygens (including phenoxy) is 2. The summed E-state index contributed by atoms with van der Waals surface area (Å²) in [5.74, 6) is -2.06. The van der Waals surface area contributed by atoms with Crippen molar-refractivity contribution in [3.63, 3.8) is 0 Å². The number of benzene rings is 1. The highest BCUT2D eigenvalue weighted by Crippen LogP contribution is 2.42. The van der Waals surface area contributed by atoms with Crippen LogP contribution in [-0.4, -0.2) is 97.0 Å². The number of aromatic nitrogens is 2. The second kappa shape index (κ2) is 16.9. The average Bonchev–Trinajstić information content (AvgIpc) is 3.44. The number of fused-ring (bicyclic) bond motifs is 1. The quantitative estimate of drug-likeness (QED) is 0.0844. The monoisotopic (exact) mass is 731 g/mol. The minimum absolute atomic E-state index is 0. The zero-order valence-corrected chi connectivity index (χ0v) is 29.4. The zero-order chi connectivity index (χ0) is 32.8. The van der Waals surface area contributed by atoms with Crippen molar-refractivity contribution < 1.29 is 38.6 Å². The van der Waals surface area contributed by atoms with Gasteiger partial charge in [0.05, 0.1) is 6.04 Å². The Labute approximate surface area is 288 Å². The van der Waals surface area contributed by atoms with E-state index in [2.05, 4.69) is 15.5 Å². The van der Waals surface area contributed by atoms with Crippen LogP contribution in [0.15, 0.2) is 39.9 Å². The van der Waals surface area contributed by atoms with Crippen molar-refractivity contribution in [2.45, 2.75) is 61.4 Å². The van der Waals surface area contributed by atoms with Crippen LogP contribution in [0.5, 0.6) is 0 Å². The third-order valence-corrected chi connectivity index (χ3v) is 10.8. The van der Waals surface area contributed by atoms with E-state index < -0.39 is 59.4 Å². The third kappa shape index (κ3) is 8.81. The van der Waals surface area contributed by atoms with Gasteiger partial charge < -0.3 is 25.6 Å². The van der Waals surface area contributed by atoms with Gasteiger partial charge in [-0.05, 0) is 30.9 Å². The van der Waals surface area contributed by atoms with Gasteiger partial charge in [0.1, 0.15) is 22.1 Å². The van der Waals surface area contributed by atoms with E-state index in [1.807, 2.05) is 13.2 Å². The van der Waals surface area contributed by atoms with Crippen molar-refractivity contribution in [3.05, 3.63) is 51.7 Å². The summed E-state index contributed by atoms with van der Waals surface area (Å²) in [6, 6.07) is 4.32. The number of aliphatic hydroxyl groups is 1. The molecule has 3 heterocycles. The van der Waals surface area contributed by atoms with Crippen molar-refractivity contribution in [3.8, 4) is 0 Å². The largest absolute Gasteiger partial charge is 0.426 e. The number of nitrogens with one attached hydrogen (secondary N) is 1. The van der Waals surface area contributed by atoms with Crippen LogP contribution in [0.2, 0.25) is 0 Å². The molecule has 13 nitrogen and oxygen atoms in total. The fraction of sp³-hybridized carbons (Fsp3) is 0.464. The van der Waals surface area contributed by atoms with E-state index in [1.54, 1.807) is 23.9 Å². The van der Waals surface area contributed by atoms with Gasteiger partial charge in [-0.2, -0.15) is 11.8 Å². The highest BCUT2D eigenvalue weighted by molar-refractivity contribution is 8.01. The topological polar surface area (TPSA) is 191 Å². The van der Waals surface area contributed by atoms with Crippen LogP contribution in [0.3, 0.4) is 0 Å². The molecule has 1 saturated heterocycles. The molecule has 0 bridgehead atoms. The minimum atomic E-state index is -1.75. The molecule has 0 spiro atoms. The molecule has 1 aromatic carbocycles. The molecule has 2 aliphatic rings. The molecule has 1 aromatic heterocycles. The number of carbonyl (C=O) groups is 5. The molecule has 46 heavy (non-hydrogen) atoms. The number of hydrogen-bond donors (Lipinski definition) is 3. The number of β-lactam (4-membered cyclic amide) rings is 1. The van der Waals surface area contributed by atoms with Crippen LogP contribution in [0.4, 0.5) is 0 Å². The number of esters is 2. The number of aliphatic hydroxyl groups excluding tert-OH is 1. The number of ketones is 1. The van der Waals surface area contributed by atoms with E-state index in [0.717, 1.165) is 5.01 Å². The molecule has 2 amide bonds. The average molecular weight is 732 g/mol. The Kier molecular flexibility index (Phi) is 13.9. The molecule has 2 aliphatic heterocycles. The van der Waals surface area contributed by atoms with Gasteiger partial charge >= 0.3 is 11.9 Å². The highest BCUT2D eigenvalue weighted by atomic mass is 35.5. The van der Waals surface area contributed by atoms with E-state index >= 15 is 0 Å². The highest BCUT2D eigenvalue weighted by Gasteiger charge is 2.55. The molecule has 1 fully saturated rings. The molecule has 0 saturated carbocycles. The molecule has 18 heteroatoms. The Hall–Kier alpha value is -2.67. The van der Waals surface area contributed by atoms with Gasteiger partial charge in [-0.1, -0.05) is 47.4 Å². The smallest absolute Gasteiger partial charge is 0.358 e. The van der Waals surface area contributed by atoms with Crippen molar-refractivity contribution in [1.82, 2.24) is 20.4 Å². The summed E-state index contributed by atoms with van der Waals surface area (Å²) >= 11 is 5.63. The molecule has 2 aromatic rings. The third-order valence-electron chi connectivity index (χ3n) is 6.76. The SMILES string of the molecule is CSCC[C@H](N)C(=O)c1ccccc1C(O)C(=O)NC1C(=O)N2C(C(=O)OC(C)OC(C)=O)=C(CSc3nnc(C)s3)CS[C@@H]12.Cl. The minimum Gasteiger partial charge on any atom is -0.426 e. The lowest BCUT2D eigenvalue weighted by atomic mass is 9.94. The maximum absolute atomic E-state index is 13.4. The Morgan fingerprint density at radius 1 is 1.22 bits per heavy atom. The first-order valence-corrected chi connectivity index (χ1v) is 18.0. The number of aryl methyl sites for hydroxylation is 1. The maximum atomic E-state index is 13.4. The number of Topliss-reactive ketones (excluding diaryl/α,β-unsaturated/α-hetero) is 1. The van der Waals surface area contributed by atoms with Crippen LogP contribution in [0, 0.1) is 6.92 Å². The number of hydrogen-bond acceptors (Lipinski definition) is 15. The Morgan fingerprint density at radius 3 is 2.59 bits per heavy atom. The predicted octanol–water partition coefficient (Wildman–Crippen LogP) is 2.46. The normalized spacial score (nSPS) is 19.2. The Bertz CT molecular complexity index is 1510. The second-order valence-electron chi connectivity index (χ2n) is 10.0. The van der Waals surface area contributed by atoms with Crippen molar-refractivity contribution >= 4 is 88.6 Å². The fourth-order valence-corrected chi connectivity index (χ4v) is 8.43. The van der Waals surface area contributed by atoms with Gasteiger partial charge in [0.25, 0.3) is 11.8 Å². The molecule has 4 rings (SSSR count). The molecule has 250 valence electrons. The van der Waals surface area contributed by atoms with E-state index in [9.17, 15) is 29.1 Å². The van der Waals surface area contributed by atoms with E-state index in [0.29, 0.717) is 33.6 Å². The Morgan fingerprint density at radius 2 is 1.93 bits per heavy atom. The number of thioether (sulfide) groups is 3. The van der Waals surface area contributed by atoms with Gasteiger partial charge in [0.15, 0.2) is 16.2 Å². The maximum Gasteiger partial charge on any atom is 0.358 e. The van der Waals surface area contributed by atoms with Gasteiger partial charge in [-0.15, -0.1) is 34.4 Å². The van der Waals surface area contributed by atoms with E-state index in [4.69, 9.17) is 15.2 Å². The number of halogens is 1. The summed E-state index contributed by atoms with van der Waals surface area (Å²) in [5, 5.41) is 21.8. The van der Waals surface area contributed by atoms with Crippen molar-refractivity contribution in [1.29, 1.82) is 0 Å². The zero-order valence-electron chi connectivity index (χ0n) is 25.3. The van der Waals surface area contributed by atoms with Crippen molar-refractivity contribution in [2.75, 3.05) is 23.5 Å². The van der Waals surface area contributed by atoms with Crippen LogP contribution in [-0.2, 0) is 28.7 Å². The predicted molar refractivity (Wildman–Crippen MR) is 179 cm³/mol. The molecule has 4 N–H and O–H groups in total. The number of amides is 2. The molecule has 0 radical (unpaired) electrons. The summed E-state index contributed by atoms with van der Waals surface area (Å²) in [6.45, 7) is 4.38. The lowest BCUT2D eigenvalue weighted by Crippen LogP contribution is -2.71. The number of nitrogens with two attached hydrogens (primary N) is 1. The first-order chi connectivity index (χ1) is 21.4. The van der Waals surface area contributed by atoms with Gasteiger partial charge in [0.2, 0.25) is 6.29 Å². The van der Waals surface area contributed by atoms with Gasteiger partial charge in [0, 0.05) is 36.5 Å². The van der Waals surface area contributed by atoms with Crippen LogP contribution in [0.1, 0.15) is 47.3 Å². The molecular weight excluding hydrogens is 698 g/mol. The summed E-state index contributed by atoms with van der Waals surface area (Å²) in [6.07, 6.45) is -0.617. The summed E-state index contributed by atoms with van der Waals surface area (Å²) in [5.41, 5.74) is 6.87. The fourth-order valence-electron chi connectivity index (χ4n) is 4.64. The lowest BCUT2D eigenvalue weighted by molar-refractivity contribution is -0.182. The van der Waals surface area contributed by atoms with Crippen LogP contribution >= 0.6 is 59.0 Å². The number of carbonyl (C=O) groups excluding carboxylic acids is 5. The summed E-state index contributed by atoms with van der Waals surface area (Å²) in [7, 11) is 0. The van der Waals surface area contributed by atoms with Gasteiger partial charge in [-0.3, -0.25) is 24.1 Å². The molecular formula is C28H34ClN5O8S4. The van der Waals surface area contributed by atoms with Crippen LogP contribution < -0.4 is 11.1 Å². The Balaban J connectivity index is 0.00000576. The van der Waals surface area contributed by atoms with Crippen molar-refractivity contribution in [2.24, 2.45) is 5.73 Å². The van der Waals surface area contributed by atoms with E-state index in [1.165, 1.54) is 65.7 Å². The first kappa shape index (κ1) is 37.8. The standard InChI is InChI=1S/C28H33N5O8S4.ClH/c1-13-31-32-28(45-13)44-12-16-11-43-26-20(25(38)33(26)21(16)27(39)41-15(3)40-14(2)34)30-24(37)23(36)18-8-6-5-7-17(18)22(35)19(29)9-10-42-4;/h5-8,15,19-20,23,26,36H,9-12,29H2,1-4H3,(H,30,37);1H/t15?,19-,20?,23?,26-;/m0./s1. The van der Waals surface area contributed by atoms with Gasteiger partial charge in [-0.25, -0.2) is 4.79 Å². The molecule has 0 aliphatic carbocycles. The summed E-state index contributed by atoms with van der Waals surface area (Å²) in [4.78, 5) is 65.6. The molecule has 3 unspecified atom stereocenters. The van der Waals surface area contributed by atoms with E-state index in [-0.39, 0.29) is 29.2 Å². The van der Waals surface area contributed by atoms with Crippen LogP contribution in [0.25, 0.3) is 0 Å². The summed E-state index contributed by atoms with van der Waals surface area (Å²) < 4.78 is 11.0.